The minimum atomic E-state index is 0.919. The Labute approximate surface area is 58.7 Å². The summed E-state index contributed by atoms with van der Waals surface area (Å²) >= 11 is 0. The van der Waals surface area contributed by atoms with Gasteiger partial charge in [0, 0.05) is 0 Å². The highest BCUT2D eigenvalue weighted by Gasteiger charge is 2.25. The van der Waals surface area contributed by atoms with E-state index >= 15 is 0 Å². The summed E-state index contributed by atoms with van der Waals surface area (Å²) in [5.41, 5.74) is 0. The molecule has 2 atom stereocenters. The van der Waals surface area contributed by atoms with Gasteiger partial charge < -0.3 is 0 Å². The first-order chi connectivity index (χ1) is 4.22. The molecule has 0 N–H and O–H groups in total. The van der Waals surface area contributed by atoms with Crippen molar-refractivity contribution in [2.75, 3.05) is 0 Å². The first-order valence-electron chi connectivity index (χ1n) is 4.22. The predicted octanol–water partition coefficient (Wildman–Crippen LogP) is 3.08. The fourth-order valence-electron chi connectivity index (χ4n) is 2.16. The van der Waals surface area contributed by atoms with Gasteiger partial charge in [0.25, 0.3) is 0 Å². The van der Waals surface area contributed by atoms with Gasteiger partial charge in [-0.3, -0.25) is 0 Å². The predicted molar refractivity (Wildman–Crippen MR) is 41.3 cm³/mol. The molecule has 0 heterocycles. The smallest absolute Gasteiger partial charge is 0.0365 e. The van der Waals surface area contributed by atoms with Crippen LogP contribution in [0.25, 0.3) is 0 Å². The Bertz CT molecular complexity index is 84.0. The molecule has 0 saturated heterocycles. The summed E-state index contributed by atoms with van der Waals surface area (Å²) in [5, 5.41) is 0. The maximum absolute atomic E-state index is 2.40. The third kappa shape index (κ3) is 1.47. The second-order valence-electron chi connectivity index (χ2n) is 3.82. The second kappa shape index (κ2) is 2.72. The zero-order valence-corrected chi connectivity index (χ0v) is 6.85. The van der Waals surface area contributed by atoms with E-state index < -0.39 is 0 Å². The molecule has 1 fully saturated rings. The summed E-state index contributed by atoms with van der Waals surface area (Å²) in [6.07, 6.45) is 4.44. The zero-order valence-electron chi connectivity index (χ0n) is 6.85. The number of hydrogen-bond acceptors (Lipinski definition) is 0. The molecular weight excluding hydrogens is 108 g/mol. The van der Waals surface area contributed by atoms with E-state index in [4.69, 9.17) is 0 Å². The fraction of sp³-hybridized carbons (Fsp3) is 1.00. The van der Waals surface area contributed by atoms with Crippen molar-refractivity contribution in [3.63, 3.8) is 0 Å². The highest BCUT2D eigenvalue weighted by molar-refractivity contribution is 4.75. The molecule has 0 nitrogen and oxygen atoms in total. The zero-order chi connectivity index (χ0) is 6.85. The fourth-order valence-corrected chi connectivity index (χ4v) is 2.16. The molecule has 0 heteroatoms. The summed E-state index contributed by atoms with van der Waals surface area (Å²) < 4.78 is 0. The SMILES string of the molecule is CC(C)[C@H]1CCC[C@@H]1C. The molecule has 1 saturated carbocycles. The van der Waals surface area contributed by atoms with E-state index in [0.29, 0.717) is 0 Å². The summed E-state index contributed by atoms with van der Waals surface area (Å²) in [4.78, 5) is 0. The quantitative estimate of drug-likeness (QED) is 0.506. The lowest BCUT2D eigenvalue weighted by molar-refractivity contribution is 0.314. The molecule has 0 bridgehead atoms. The summed E-state index contributed by atoms with van der Waals surface area (Å²) in [7, 11) is 0. The highest BCUT2D eigenvalue weighted by Crippen LogP contribution is 2.35. The number of rotatable bonds is 1. The molecule has 1 rings (SSSR count). The Hall–Kier alpha value is 0. The summed E-state index contributed by atoms with van der Waals surface area (Å²) in [5.74, 6) is 2.96. The maximum atomic E-state index is 2.40. The van der Waals surface area contributed by atoms with Crippen molar-refractivity contribution in [3.05, 3.63) is 0 Å². The minimum Gasteiger partial charge on any atom is -0.0625 e. The van der Waals surface area contributed by atoms with Gasteiger partial charge in [0.2, 0.25) is 0 Å². The average Bonchev–Trinajstić information content (AvgIpc) is 2.13. The van der Waals surface area contributed by atoms with Gasteiger partial charge >= 0.3 is 0 Å². The standard InChI is InChI=1S/C9H18/c1-7(2)9-6-4-5-8(9)3/h7-9H,4-6H2,1-3H3/t8-,9+/m0/s1. The molecule has 0 amide bonds. The molecule has 54 valence electrons. The van der Waals surface area contributed by atoms with Gasteiger partial charge in [0.05, 0.1) is 0 Å². The summed E-state index contributed by atoms with van der Waals surface area (Å²) in [6, 6.07) is 0. The van der Waals surface area contributed by atoms with Crippen molar-refractivity contribution in [1.82, 2.24) is 0 Å². The Kier molecular flexibility index (Phi) is 2.15. The molecule has 0 unspecified atom stereocenters. The monoisotopic (exact) mass is 126 g/mol. The van der Waals surface area contributed by atoms with Crippen molar-refractivity contribution in [1.29, 1.82) is 0 Å². The van der Waals surface area contributed by atoms with Crippen molar-refractivity contribution in [2.45, 2.75) is 40.0 Å². The topological polar surface area (TPSA) is 0 Å². The van der Waals surface area contributed by atoms with E-state index in [1.54, 1.807) is 0 Å². The molecule has 9 heavy (non-hydrogen) atoms. The Morgan fingerprint density at radius 1 is 1.22 bits per heavy atom. The van der Waals surface area contributed by atoms with E-state index in [9.17, 15) is 0 Å². The molecule has 0 aromatic rings. The molecule has 0 spiro atoms. The lowest BCUT2D eigenvalue weighted by atomic mass is 9.87. The van der Waals surface area contributed by atoms with Crippen molar-refractivity contribution >= 4 is 0 Å². The molecule has 0 aliphatic heterocycles. The van der Waals surface area contributed by atoms with E-state index in [1.165, 1.54) is 19.3 Å². The van der Waals surface area contributed by atoms with Gasteiger partial charge in [0.15, 0.2) is 0 Å². The third-order valence-corrected chi connectivity index (χ3v) is 2.78. The van der Waals surface area contributed by atoms with Crippen molar-refractivity contribution in [2.24, 2.45) is 17.8 Å². The highest BCUT2D eigenvalue weighted by atomic mass is 14.3. The van der Waals surface area contributed by atoms with Gasteiger partial charge in [-0.15, -0.1) is 0 Å². The number of hydrogen-bond donors (Lipinski definition) is 0. The van der Waals surface area contributed by atoms with E-state index in [0.717, 1.165) is 17.8 Å². The molecular formula is C9H18. The average molecular weight is 126 g/mol. The van der Waals surface area contributed by atoms with Gasteiger partial charge in [-0.25, -0.2) is 0 Å². The molecule has 1 aliphatic carbocycles. The lowest BCUT2D eigenvalue weighted by Crippen LogP contribution is -2.10. The first-order valence-corrected chi connectivity index (χ1v) is 4.22. The maximum Gasteiger partial charge on any atom is -0.0365 e. The van der Waals surface area contributed by atoms with Crippen LogP contribution in [0.5, 0.6) is 0 Å². The molecule has 0 aromatic heterocycles. The Morgan fingerprint density at radius 3 is 2.11 bits per heavy atom. The third-order valence-electron chi connectivity index (χ3n) is 2.78. The van der Waals surface area contributed by atoms with Crippen LogP contribution in [0.3, 0.4) is 0 Å². The second-order valence-corrected chi connectivity index (χ2v) is 3.82. The Morgan fingerprint density at radius 2 is 1.89 bits per heavy atom. The van der Waals surface area contributed by atoms with Gasteiger partial charge in [-0.05, 0) is 24.2 Å². The van der Waals surface area contributed by atoms with Crippen molar-refractivity contribution < 1.29 is 0 Å². The van der Waals surface area contributed by atoms with Crippen LogP contribution in [0.15, 0.2) is 0 Å². The summed E-state index contributed by atoms with van der Waals surface area (Å²) in [6.45, 7) is 7.11. The largest absolute Gasteiger partial charge is 0.0625 e. The van der Waals surface area contributed by atoms with E-state index in [1.807, 2.05) is 0 Å². The van der Waals surface area contributed by atoms with Crippen LogP contribution >= 0.6 is 0 Å². The first kappa shape index (κ1) is 7.11. The Balaban J connectivity index is 2.40. The van der Waals surface area contributed by atoms with Crippen LogP contribution in [-0.2, 0) is 0 Å². The van der Waals surface area contributed by atoms with Crippen molar-refractivity contribution in [3.8, 4) is 0 Å². The van der Waals surface area contributed by atoms with Crippen LogP contribution in [0.1, 0.15) is 40.0 Å². The lowest BCUT2D eigenvalue weighted by Gasteiger charge is -2.18. The molecule has 1 aliphatic rings. The van der Waals surface area contributed by atoms with Gasteiger partial charge in [-0.2, -0.15) is 0 Å². The van der Waals surface area contributed by atoms with Crippen LogP contribution in [0, 0.1) is 17.8 Å². The van der Waals surface area contributed by atoms with Crippen LogP contribution in [-0.4, -0.2) is 0 Å². The van der Waals surface area contributed by atoms with Crippen LogP contribution in [0.4, 0.5) is 0 Å². The van der Waals surface area contributed by atoms with Gasteiger partial charge in [-0.1, -0.05) is 33.6 Å². The van der Waals surface area contributed by atoms with E-state index in [-0.39, 0.29) is 0 Å². The van der Waals surface area contributed by atoms with Gasteiger partial charge in [0.1, 0.15) is 0 Å². The van der Waals surface area contributed by atoms with E-state index in [2.05, 4.69) is 20.8 Å². The minimum absolute atomic E-state index is 0.919. The van der Waals surface area contributed by atoms with Crippen LogP contribution in [0.2, 0.25) is 0 Å². The van der Waals surface area contributed by atoms with Crippen LogP contribution < -0.4 is 0 Å². The molecule has 0 radical (unpaired) electrons. The molecule has 0 aromatic carbocycles. The normalized spacial score (nSPS) is 36.0.